The molecule has 1 aliphatic rings. The number of Topliss-reactive ketones (excluding diaryl/α,β-unsaturated/α-hetero) is 1. The average molecular weight is 558 g/mol. The van der Waals surface area contributed by atoms with Crippen molar-refractivity contribution in [2.75, 3.05) is 50.6 Å². The van der Waals surface area contributed by atoms with E-state index >= 15 is 0 Å². The summed E-state index contributed by atoms with van der Waals surface area (Å²) in [7, 11) is 1.49. The molecule has 1 aromatic carbocycles. The number of benzene rings is 1. The number of aromatic nitrogens is 3. The fraction of sp³-hybridized carbons (Fsp3) is 0.517. The summed E-state index contributed by atoms with van der Waals surface area (Å²) in [6.45, 7) is 3.41. The van der Waals surface area contributed by atoms with Crippen LogP contribution in [-0.4, -0.2) is 78.0 Å². The number of ketones is 1. The highest BCUT2D eigenvalue weighted by Crippen LogP contribution is 2.22. The van der Waals surface area contributed by atoms with E-state index in [1.807, 2.05) is 0 Å². The number of pyridine rings is 1. The van der Waals surface area contributed by atoms with Crippen LogP contribution < -0.4 is 15.4 Å². The van der Waals surface area contributed by atoms with Gasteiger partial charge in [-0.2, -0.15) is 0 Å². The molecule has 0 saturated heterocycles. The SMILES string of the molecule is CO[C@H](CF)CN(CCCCc1ccc2c(n1)NCCC2)CC[C@H](Nc1c2cc(F)ccc2nc[n+]1O)C(C)=O. The highest BCUT2D eigenvalue weighted by atomic mass is 19.1. The van der Waals surface area contributed by atoms with Crippen molar-refractivity contribution >= 4 is 28.3 Å². The van der Waals surface area contributed by atoms with E-state index in [4.69, 9.17) is 9.72 Å². The van der Waals surface area contributed by atoms with Crippen LogP contribution in [0.25, 0.3) is 10.9 Å². The van der Waals surface area contributed by atoms with Crippen LogP contribution in [-0.2, 0) is 22.4 Å². The summed E-state index contributed by atoms with van der Waals surface area (Å²) < 4.78 is 33.5. The van der Waals surface area contributed by atoms with E-state index in [2.05, 4.69) is 32.7 Å². The van der Waals surface area contributed by atoms with Crippen molar-refractivity contribution in [1.82, 2.24) is 14.9 Å². The molecule has 3 aromatic rings. The molecule has 3 heterocycles. The van der Waals surface area contributed by atoms with Gasteiger partial charge in [-0.25, -0.2) is 13.8 Å². The van der Waals surface area contributed by atoms with Crippen LogP contribution in [0.15, 0.2) is 36.7 Å². The molecule has 0 bridgehead atoms. The molecule has 40 heavy (non-hydrogen) atoms. The number of anilines is 2. The minimum Gasteiger partial charge on any atom is -0.377 e. The molecule has 0 fully saturated rings. The third-order valence-electron chi connectivity index (χ3n) is 7.36. The molecule has 0 unspecified atom stereocenters. The molecule has 2 aromatic heterocycles. The Hall–Kier alpha value is -3.44. The molecule has 0 saturated carbocycles. The van der Waals surface area contributed by atoms with Crippen molar-refractivity contribution in [2.24, 2.45) is 0 Å². The molecule has 9 nitrogen and oxygen atoms in total. The Kier molecular flexibility index (Phi) is 10.5. The quantitative estimate of drug-likeness (QED) is 0.148. The summed E-state index contributed by atoms with van der Waals surface area (Å²) in [6, 6.07) is 7.66. The Labute approximate surface area is 233 Å². The van der Waals surface area contributed by atoms with Crippen LogP contribution in [0.5, 0.6) is 0 Å². The number of methoxy groups -OCH3 is 1. The van der Waals surface area contributed by atoms with Crippen LogP contribution >= 0.6 is 0 Å². The van der Waals surface area contributed by atoms with Gasteiger partial charge in [0.25, 0.3) is 12.1 Å². The Bertz CT molecular complexity index is 1280. The zero-order chi connectivity index (χ0) is 28.5. The topological polar surface area (TPSA) is 103 Å². The van der Waals surface area contributed by atoms with Gasteiger partial charge >= 0.3 is 0 Å². The summed E-state index contributed by atoms with van der Waals surface area (Å²) in [5, 5.41) is 17.2. The van der Waals surface area contributed by atoms with Gasteiger partial charge in [0.2, 0.25) is 0 Å². The number of hydrogen-bond donors (Lipinski definition) is 3. The monoisotopic (exact) mass is 557 g/mol. The van der Waals surface area contributed by atoms with E-state index in [0.717, 1.165) is 54.9 Å². The summed E-state index contributed by atoms with van der Waals surface area (Å²) in [5.41, 5.74) is 2.80. The number of hydrogen-bond acceptors (Lipinski definition) is 8. The van der Waals surface area contributed by atoms with E-state index in [9.17, 15) is 18.8 Å². The molecule has 2 atom stereocenters. The second kappa shape index (κ2) is 14.3. The van der Waals surface area contributed by atoms with E-state index in [1.165, 1.54) is 44.1 Å². The number of halogens is 2. The summed E-state index contributed by atoms with van der Waals surface area (Å²) in [4.78, 5) is 23.5. The van der Waals surface area contributed by atoms with Gasteiger partial charge < -0.3 is 20.2 Å². The summed E-state index contributed by atoms with van der Waals surface area (Å²) >= 11 is 0. The molecular weight excluding hydrogens is 518 g/mol. The number of carbonyl (C=O) groups excluding carboxylic acids is 1. The number of unbranched alkanes of at least 4 members (excludes halogenated alkanes) is 1. The first-order chi connectivity index (χ1) is 19.4. The average Bonchev–Trinajstić information content (AvgIpc) is 2.96. The fourth-order valence-electron chi connectivity index (χ4n) is 5.02. The second-order valence-corrected chi connectivity index (χ2v) is 10.3. The summed E-state index contributed by atoms with van der Waals surface area (Å²) in [6.07, 6.45) is 5.86. The highest BCUT2D eigenvalue weighted by molar-refractivity contribution is 5.90. The zero-order valence-corrected chi connectivity index (χ0v) is 23.2. The van der Waals surface area contributed by atoms with Crippen LogP contribution in [0.3, 0.4) is 0 Å². The Morgan fingerprint density at radius 1 is 1.27 bits per heavy atom. The van der Waals surface area contributed by atoms with Crippen molar-refractivity contribution in [1.29, 1.82) is 0 Å². The molecule has 216 valence electrons. The Morgan fingerprint density at radius 2 is 2.12 bits per heavy atom. The number of nitrogens with zero attached hydrogens (tertiary/aromatic N) is 4. The predicted molar refractivity (Wildman–Crippen MR) is 149 cm³/mol. The molecule has 11 heteroatoms. The molecule has 4 rings (SSSR count). The first-order valence-corrected chi connectivity index (χ1v) is 13.9. The second-order valence-electron chi connectivity index (χ2n) is 10.3. The first-order valence-electron chi connectivity index (χ1n) is 13.9. The van der Waals surface area contributed by atoms with Gasteiger partial charge in [-0.1, -0.05) is 10.8 Å². The van der Waals surface area contributed by atoms with Gasteiger partial charge in [-0.15, -0.1) is 4.98 Å². The third kappa shape index (κ3) is 7.82. The minimum atomic E-state index is -0.659. The van der Waals surface area contributed by atoms with Crippen LogP contribution in [0.1, 0.15) is 43.9 Å². The molecule has 0 spiro atoms. The fourth-order valence-corrected chi connectivity index (χ4v) is 5.02. The molecule has 0 aliphatic carbocycles. The van der Waals surface area contributed by atoms with Gasteiger partial charge in [0.1, 0.15) is 24.4 Å². The van der Waals surface area contributed by atoms with Crippen LogP contribution in [0.4, 0.5) is 20.4 Å². The van der Waals surface area contributed by atoms with Crippen molar-refractivity contribution in [3.63, 3.8) is 0 Å². The molecule has 3 N–H and O–H groups in total. The number of ether oxygens (including phenoxy) is 1. The number of aryl methyl sites for hydroxylation is 2. The number of fused-ring (bicyclic) bond motifs is 2. The third-order valence-corrected chi connectivity index (χ3v) is 7.36. The van der Waals surface area contributed by atoms with E-state index < -0.39 is 24.6 Å². The maximum atomic E-state index is 13.9. The maximum Gasteiger partial charge on any atom is 0.271 e. The number of rotatable bonds is 15. The van der Waals surface area contributed by atoms with Gasteiger partial charge in [-0.05, 0) is 75.4 Å². The predicted octanol–water partition coefficient (Wildman–Crippen LogP) is 3.72. The van der Waals surface area contributed by atoms with E-state index in [0.29, 0.717) is 37.0 Å². The number of nitrogens with one attached hydrogen (secondary N) is 2. The maximum absolute atomic E-state index is 13.9. The van der Waals surface area contributed by atoms with E-state index in [1.54, 1.807) is 0 Å². The Balaban J connectivity index is 1.38. The lowest BCUT2D eigenvalue weighted by Crippen LogP contribution is -2.42. The zero-order valence-electron chi connectivity index (χ0n) is 23.2. The van der Waals surface area contributed by atoms with Crippen LogP contribution in [0.2, 0.25) is 0 Å². The lowest BCUT2D eigenvalue weighted by Gasteiger charge is -2.27. The van der Waals surface area contributed by atoms with Crippen LogP contribution in [0, 0.1) is 5.82 Å². The molecule has 0 amide bonds. The molecule has 1 aliphatic heterocycles. The van der Waals surface area contributed by atoms with Crippen molar-refractivity contribution in [3.05, 3.63) is 53.7 Å². The van der Waals surface area contributed by atoms with Crippen molar-refractivity contribution < 1.29 is 28.2 Å². The van der Waals surface area contributed by atoms with Gasteiger partial charge in [0, 0.05) is 38.9 Å². The normalized spacial score (nSPS) is 14.5. The highest BCUT2D eigenvalue weighted by Gasteiger charge is 2.25. The summed E-state index contributed by atoms with van der Waals surface area (Å²) in [5.74, 6) is 0.560. The lowest BCUT2D eigenvalue weighted by molar-refractivity contribution is -0.894. The van der Waals surface area contributed by atoms with Crippen molar-refractivity contribution in [3.8, 4) is 0 Å². The first kappa shape index (κ1) is 29.5. The van der Waals surface area contributed by atoms with Gasteiger partial charge in [-0.3, -0.25) is 10.1 Å². The smallest absolute Gasteiger partial charge is 0.271 e. The number of carbonyl (C=O) groups is 1. The molecule has 0 radical (unpaired) electrons. The minimum absolute atomic E-state index is 0.137. The Morgan fingerprint density at radius 3 is 2.90 bits per heavy atom. The largest absolute Gasteiger partial charge is 0.377 e. The lowest BCUT2D eigenvalue weighted by atomic mass is 10.1. The van der Waals surface area contributed by atoms with Gasteiger partial charge in [0.15, 0.2) is 11.3 Å². The molecular formula is C29H39F2N6O3+. The van der Waals surface area contributed by atoms with Gasteiger partial charge in [0.05, 0.1) is 11.5 Å². The van der Waals surface area contributed by atoms with E-state index in [-0.39, 0.29) is 11.6 Å². The van der Waals surface area contributed by atoms with Crippen molar-refractivity contribution in [2.45, 2.75) is 57.6 Å². The number of alkyl halides is 1. The standard InChI is InChI=1S/C29H38F2N6O3/c1-20(38)26(35-29-25-16-22(31)9-11-27(25)33-19-37(29)39)12-15-36(18-24(17-30)40-2)14-4-3-7-23-10-8-21-6-5-13-32-28(21)34-23/h8-11,16,19,24,26,39H,3-7,12-15,17-18H2,1-2H3,(H,32,34)/p+1/t24-,26+/m1/s1.